The fourth-order valence-corrected chi connectivity index (χ4v) is 3.04. The second kappa shape index (κ2) is 6.63. The smallest absolute Gasteiger partial charge is 0.192 e. The number of allylic oxidation sites excluding steroid dienone is 2. The molecule has 0 spiro atoms. The van der Waals surface area contributed by atoms with Gasteiger partial charge in [0.05, 0.1) is 0 Å². The molecule has 0 fully saturated rings. The molecule has 1 unspecified atom stereocenters. The van der Waals surface area contributed by atoms with Crippen LogP contribution in [0.3, 0.4) is 0 Å². The lowest BCUT2D eigenvalue weighted by molar-refractivity contribution is -0.123. The van der Waals surface area contributed by atoms with Gasteiger partial charge < -0.3 is 5.32 Å². The Morgan fingerprint density at radius 1 is 1.24 bits per heavy atom. The monoisotopic (exact) mass is 336 g/mol. The number of aromatic nitrogens is 1. The highest BCUT2D eigenvalue weighted by atomic mass is 19.1. The van der Waals surface area contributed by atoms with Crippen LogP contribution in [0.2, 0.25) is 0 Å². The molecule has 1 N–H and O–H groups in total. The third-order valence-corrected chi connectivity index (χ3v) is 4.43. The highest BCUT2D eigenvalue weighted by Crippen LogP contribution is 2.37. The van der Waals surface area contributed by atoms with Gasteiger partial charge in [-0.15, -0.1) is 0 Å². The zero-order valence-electron chi connectivity index (χ0n) is 14.4. The number of anilines is 1. The molecule has 128 valence electrons. The first kappa shape index (κ1) is 17.1. The Hall–Kier alpha value is -2.75. The number of hydrogen-bond donors (Lipinski definition) is 1. The number of carbonyl (C=O) groups is 1. The molecule has 1 aromatic carbocycles. The van der Waals surface area contributed by atoms with Crippen LogP contribution in [-0.4, -0.2) is 16.9 Å². The number of nitrogens with one attached hydrogen (secondary N) is 1. The van der Waals surface area contributed by atoms with Crippen LogP contribution >= 0.6 is 0 Å². The van der Waals surface area contributed by atoms with Gasteiger partial charge in [0, 0.05) is 28.9 Å². The number of hydrogen-bond acceptors (Lipinski definition) is 3. The molecule has 3 rings (SSSR count). The van der Waals surface area contributed by atoms with Crippen LogP contribution in [0.1, 0.15) is 31.4 Å². The summed E-state index contributed by atoms with van der Waals surface area (Å²) in [5.74, 6) is 0.113. The first-order valence-corrected chi connectivity index (χ1v) is 8.24. The molecule has 4 heteroatoms. The second-order valence-corrected chi connectivity index (χ2v) is 6.97. The SMILES string of the molecule is C=C(c1ccccc1)c1cccnc1NC1=CC(=O)C(F)C(C)(C)C1. The van der Waals surface area contributed by atoms with E-state index >= 15 is 0 Å². The molecular formula is C21H21FN2O. The molecule has 0 saturated heterocycles. The van der Waals surface area contributed by atoms with Gasteiger partial charge in [0.1, 0.15) is 5.82 Å². The maximum atomic E-state index is 14.0. The summed E-state index contributed by atoms with van der Waals surface area (Å²) >= 11 is 0. The summed E-state index contributed by atoms with van der Waals surface area (Å²) in [4.78, 5) is 16.3. The number of halogens is 1. The van der Waals surface area contributed by atoms with Crippen molar-refractivity contribution in [2.24, 2.45) is 5.41 Å². The van der Waals surface area contributed by atoms with Gasteiger partial charge in [-0.3, -0.25) is 4.79 Å². The van der Waals surface area contributed by atoms with E-state index in [9.17, 15) is 9.18 Å². The van der Waals surface area contributed by atoms with Crippen LogP contribution < -0.4 is 5.32 Å². The van der Waals surface area contributed by atoms with E-state index in [4.69, 9.17) is 0 Å². The lowest BCUT2D eigenvalue weighted by Gasteiger charge is -2.32. The predicted molar refractivity (Wildman–Crippen MR) is 98.8 cm³/mol. The molecule has 2 aromatic rings. The van der Waals surface area contributed by atoms with Crippen molar-refractivity contribution in [1.82, 2.24) is 4.98 Å². The summed E-state index contributed by atoms with van der Waals surface area (Å²) in [6.45, 7) is 7.69. The van der Waals surface area contributed by atoms with Gasteiger partial charge in [-0.25, -0.2) is 9.37 Å². The number of rotatable bonds is 4. The molecule has 0 radical (unpaired) electrons. The van der Waals surface area contributed by atoms with Crippen molar-refractivity contribution in [3.05, 3.63) is 78.1 Å². The van der Waals surface area contributed by atoms with Crippen molar-refractivity contribution in [1.29, 1.82) is 0 Å². The zero-order valence-corrected chi connectivity index (χ0v) is 14.4. The van der Waals surface area contributed by atoms with Crippen molar-refractivity contribution in [3.8, 4) is 0 Å². The maximum Gasteiger partial charge on any atom is 0.192 e. The zero-order chi connectivity index (χ0) is 18.0. The molecule has 0 saturated carbocycles. The first-order valence-electron chi connectivity index (χ1n) is 8.24. The van der Waals surface area contributed by atoms with Crippen LogP contribution in [0.5, 0.6) is 0 Å². The minimum absolute atomic E-state index is 0.438. The van der Waals surface area contributed by atoms with Gasteiger partial charge in [0.2, 0.25) is 0 Å². The molecule has 0 aliphatic heterocycles. The molecule has 1 aliphatic carbocycles. The van der Waals surface area contributed by atoms with Gasteiger partial charge >= 0.3 is 0 Å². The summed E-state index contributed by atoms with van der Waals surface area (Å²) < 4.78 is 14.0. The quantitative estimate of drug-likeness (QED) is 0.874. The molecule has 1 atom stereocenters. The number of ketones is 1. The molecule has 1 aliphatic rings. The largest absolute Gasteiger partial charge is 0.343 e. The van der Waals surface area contributed by atoms with Crippen molar-refractivity contribution in [2.45, 2.75) is 26.4 Å². The molecule has 1 heterocycles. The topological polar surface area (TPSA) is 42.0 Å². The molecule has 1 aromatic heterocycles. The lowest BCUT2D eigenvalue weighted by Crippen LogP contribution is -2.37. The summed E-state index contributed by atoms with van der Waals surface area (Å²) in [5.41, 5.74) is 2.62. The predicted octanol–water partition coefficient (Wildman–Crippen LogP) is 4.78. The van der Waals surface area contributed by atoms with Crippen LogP contribution in [0, 0.1) is 5.41 Å². The van der Waals surface area contributed by atoms with Gasteiger partial charge in [0.25, 0.3) is 0 Å². The fraction of sp³-hybridized carbons (Fsp3) is 0.238. The molecular weight excluding hydrogens is 315 g/mol. The van der Waals surface area contributed by atoms with E-state index in [0.29, 0.717) is 17.9 Å². The van der Waals surface area contributed by atoms with Gasteiger partial charge in [-0.1, -0.05) is 50.8 Å². The van der Waals surface area contributed by atoms with E-state index < -0.39 is 17.4 Å². The van der Waals surface area contributed by atoms with Crippen LogP contribution in [0.4, 0.5) is 10.2 Å². The Kier molecular flexibility index (Phi) is 4.53. The Morgan fingerprint density at radius 2 is 1.96 bits per heavy atom. The molecule has 0 bridgehead atoms. The second-order valence-electron chi connectivity index (χ2n) is 6.97. The van der Waals surface area contributed by atoms with Crippen LogP contribution in [-0.2, 0) is 4.79 Å². The number of carbonyl (C=O) groups excluding carboxylic acids is 1. The van der Waals surface area contributed by atoms with Crippen molar-refractivity contribution in [2.75, 3.05) is 5.32 Å². The maximum absolute atomic E-state index is 14.0. The lowest BCUT2D eigenvalue weighted by atomic mass is 9.77. The third kappa shape index (κ3) is 3.53. The van der Waals surface area contributed by atoms with E-state index in [1.807, 2.05) is 42.5 Å². The van der Waals surface area contributed by atoms with E-state index in [1.54, 1.807) is 20.0 Å². The number of benzene rings is 1. The van der Waals surface area contributed by atoms with Crippen molar-refractivity contribution in [3.63, 3.8) is 0 Å². The highest BCUT2D eigenvalue weighted by molar-refractivity contribution is 5.96. The van der Waals surface area contributed by atoms with E-state index in [2.05, 4.69) is 16.9 Å². The summed E-state index contributed by atoms with van der Waals surface area (Å²) in [6, 6.07) is 13.6. The fourth-order valence-electron chi connectivity index (χ4n) is 3.04. The molecule has 25 heavy (non-hydrogen) atoms. The standard InChI is InChI=1S/C21H21FN2O/c1-14(15-8-5-4-6-9-15)17-10-7-11-23-20(17)24-16-12-18(25)19(22)21(2,3)13-16/h4-12,19H,1,13H2,2-3H3,(H,23,24). The van der Waals surface area contributed by atoms with E-state index in [-0.39, 0.29) is 0 Å². The minimum Gasteiger partial charge on any atom is -0.343 e. The van der Waals surface area contributed by atoms with Gasteiger partial charge in [-0.2, -0.15) is 0 Å². The highest BCUT2D eigenvalue weighted by Gasteiger charge is 2.39. The Morgan fingerprint density at radius 3 is 2.64 bits per heavy atom. The van der Waals surface area contributed by atoms with Crippen molar-refractivity contribution < 1.29 is 9.18 Å². The number of pyridine rings is 1. The third-order valence-electron chi connectivity index (χ3n) is 4.43. The van der Waals surface area contributed by atoms with Crippen molar-refractivity contribution >= 4 is 17.2 Å². The van der Waals surface area contributed by atoms with Crippen LogP contribution in [0.15, 0.2) is 67.0 Å². The first-order chi connectivity index (χ1) is 11.9. The minimum atomic E-state index is -1.47. The Labute approximate surface area is 147 Å². The molecule has 0 amide bonds. The van der Waals surface area contributed by atoms with E-state index in [0.717, 1.165) is 16.7 Å². The average Bonchev–Trinajstić information content (AvgIpc) is 2.60. The molecule has 3 nitrogen and oxygen atoms in total. The summed E-state index contributed by atoms with van der Waals surface area (Å²) in [5, 5.41) is 3.21. The van der Waals surface area contributed by atoms with Crippen LogP contribution in [0.25, 0.3) is 5.57 Å². The van der Waals surface area contributed by atoms with E-state index in [1.165, 1.54) is 6.08 Å². The van der Waals surface area contributed by atoms with Gasteiger partial charge in [-0.05, 0) is 29.7 Å². The summed E-state index contributed by atoms with van der Waals surface area (Å²) in [6.07, 6.45) is 1.99. The average molecular weight is 336 g/mol. The normalized spacial score (nSPS) is 19.2. The summed E-state index contributed by atoms with van der Waals surface area (Å²) in [7, 11) is 0. The Bertz CT molecular complexity index is 840. The number of alkyl halides is 1. The van der Waals surface area contributed by atoms with Gasteiger partial charge in [0.15, 0.2) is 12.0 Å². The Balaban J connectivity index is 1.91. The number of nitrogens with zero attached hydrogens (tertiary/aromatic N) is 1.